The van der Waals surface area contributed by atoms with Gasteiger partial charge in [0.2, 0.25) is 5.91 Å². The number of carbonyl (C=O) groups is 2. The number of likely N-dealkylation sites (tertiary alicyclic amines) is 1. The molecule has 2 aliphatic heterocycles. The molecule has 3 aliphatic rings. The molecule has 134 valence electrons. The van der Waals surface area contributed by atoms with Crippen molar-refractivity contribution in [2.45, 2.75) is 62.6 Å². The number of Topliss-reactive ketones (excluding diaryl/α,β-unsaturated/α-hetero) is 1. The highest BCUT2D eigenvalue weighted by molar-refractivity contribution is 6.03. The molecule has 2 heterocycles. The molecule has 4 rings (SSSR count). The zero-order valence-corrected chi connectivity index (χ0v) is 15.0. The number of methoxy groups -OCH3 is 1. The van der Waals surface area contributed by atoms with Crippen LogP contribution in [0.3, 0.4) is 0 Å². The predicted molar refractivity (Wildman–Crippen MR) is 95.6 cm³/mol. The molecule has 25 heavy (non-hydrogen) atoms. The number of amides is 1. The second-order valence-corrected chi connectivity index (χ2v) is 7.52. The Morgan fingerprint density at radius 2 is 2.08 bits per heavy atom. The van der Waals surface area contributed by atoms with Gasteiger partial charge in [0.25, 0.3) is 0 Å². The molecule has 1 saturated carbocycles. The summed E-state index contributed by atoms with van der Waals surface area (Å²) in [6.07, 6.45) is 3.77. The second kappa shape index (κ2) is 6.22. The molecule has 5 nitrogen and oxygen atoms in total. The van der Waals surface area contributed by atoms with Crippen LogP contribution in [0.15, 0.2) is 24.3 Å². The molecule has 2 fully saturated rings. The van der Waals surface area contributed by atoms with Gasteiger partial charge in [-0.25, -0.2) is 0 Å². The number of carbonyl (C=O) groups excluding carboxylic acids is 2. The SMILES string of the molecule is CCN1C(C2C(=O)Nc3ccccc32)CCC2(OC)CCC(=O)CC12. The maximum Gasteiger partial charge on any atom is 0.233 e. The normalized spacial score (nSPS) is 35.2. The highest BCUT2D eigenvalue weighted by Crippen LogP contribution is 2.47. The van der Waals surface area contributed by atoms with E-state index >= 15 is 0 Å². The van der Waals surface area contributed by atoms with Crippen LogP contribution in [0.2, 0.25) is 0 Å². The Balaban J connectivity index is 1.70. The summed E-state index contributed by atoms with van der Waals surface area (Å²) in [5.41, 5.74) is 1.77. The van der Waals surface area contributed by atoms with E-state index < -0.39 is 0 Å². The van der Waals surface area contributed by atoms with E-state index in [2.05, 4.69) is 23.2 Å². The summed E-state index contributed by atoms with van der Waals surface area (Å²) >= 11 is 0. The zero-order valence-electron chi connectivity index (χ0n) is 15.0. The Kier molecular flexibility index (Phi) is 4.16. The number of nitrogens with zero attached hydrogens (tertiary/aromatic N) is 1. The van der Waals surface area contributed by atoms with Gasteiger partial charge in [-0.2, -0.15) is 0 Å². The minimum Gasteiger partial charge on any atom is -0.377 e. The Hall–Kier alpha value is -1.72. The van der Waals surface area contributed by atoms with Crippen LogP contribution in [-0.4, -0.2) is 47.9 Å². The summed E-state index contributed by atoms with van der Waals surface area (Å²) in [4.78, 5) is 27.3. The molecule has 0 radical (unpaired) electrons. The number of anilines is 1. The molecule has 4 atom stereocenters. The number of para-hydroxylation sites is 1. The fourth-order valence-electron chi connectivity index (χ4n) is 5.29. The van der Waals surface area contributed by atoms with E-state index in [0.29, 0.717) is 18.6 Å². The number of nitrogens with one attached hydrogen (secondary N) is 1. The van der Waals surface area contributed by atoms with Crippen LogP contribution < -0.4 is 5.32 Å². The first-order valence-corrected chi connectivity index (χ1v) is 9.32. The van der Waals surface area contributed by atoms with E-state index in [-0.39, 0.29) is 29.5 Å². The smallest absolute Gasteiger partial charge is 0.233 e. The summed E-state index contributed by atoms with van der Waals surface area (Å²) in [5.74, 6) is 0.229. The molecule has 1 amide bonds. The molecule has 1 aromatic rings. The Bertz CT molecular complexity index is 704. The van der Waals surface area contributed by atoms with Gasteiger partial charge in [0.1, 0.15) is 5.78 Å². The van der Waals surface area contributed by atoms with Crippen molar-refractivity contribution in [1.82, 2.24) is 4.90 Å². The summed E-state index contributed by atoms with van der Waals surface area (Å²) in [7, 11) is 1.77. The zero-order chi connectivity index (χ0) is 17.6. The lowest BCUT2D eigenvalue weighted by atomic mass is 9.69. The molecule has 0 aromatic heterocycles. The van der Waals surface area contributed by atoms with Crippen molar-refractivity contribution in [2.24, 2.45) is 0 Å². The van der Waals surface area contributed by atoms with Gasteiger partial charge in [0.15, 0.2) is 0 Å². The van der Waals surface area contributed by atoms with Gasteiger partial charge in [-0.1, -0.05) is 25.1 Å². The molecule has 5 heteroatoms. The first kappa shape index (κ1) is 16.7. The lowest BCUT2D eigenvalue weighted by Crippen LogP contribution is -2.64. The first-order valence-electron chi connectivity index (χ1n) is 9.32. The van der Waals surface area contributed by atoms with Gasteiger partial charge in [-0.05, 0) is 37.4 Å². The number of piperidine rings is 1. The summed E-state index contributed by atoms with van der Waals surface area (Å²) in [5, 5.41) is 3.03. The number of fused-ring (bicyclic) bond motifs is 2. The highest BCUT2D eigenvalue weighted by atomic mass is 16.5. The van der Waals surface area contributed by atoms with Crippen LogP contribution in [0, 0.1) is 0 Å². The third kappa shape index (κ3) is 2.52. The van der Waals surface area contributed by atoms with Crippen LogP contribution in [-0.2, 0) is 14.3 Å². The van der Waals surface area contributed by atoms with Crippen molar-refractivity contribution >= 4 is 17.4 Å². The third-order valence-corrected chi connectivity index (χ3v) is 6.54. The molecular weight excluding hydrogens is 316 g/mol. The second-order valence-electron chi connectivity index (χ2n) is 7.52. The van der Waals surface area contributed by atoms with Gasteiger partial charge in [-0.15, -0.1) is 0 Å². The summed E-state index contributed by atoms with van der Waals surface area (Å²) in [6.45, 7) is 2.94. The monoisotopic (exact) mass is 342 g/mol. The fraction of sp³-hybridized carbons (Fsp3) is 0.600. The average Bonchev–Trinajstić information content (AvgIpc) is 2.96. The largest absolute Gasteiger partial charge is 0.377 e. The number of ketones is 1. The van der Waals surface area contributed by atoms with Gasteiger partial charge in [0, 0.05) is 37.7 Å². The standard InChI is InChI=1S/C20H26N2O3/c1-3-22-16(18-14-6-4-5-7-15(14)21-19(18)24)9-11-20(25-2)10-8-13(23)12-17(20)22/h4-7,16-18H,3,8-12H2,1-2H3,(H,21,24). The van der Waals surface area contributed by atoms with Crippen molar-refractivity contribution in [2.75, 3.05) is 19.0 Å². The van der Waals surface area contributed by atoms with Crippen molar-refractivity contribution in [3.8, 4) is 0 Å². The van der Waals surface area contributed by atoms with E-state index in [1.807, 2.05) is 18.2 Å². The Morgan fingerprint density at radius 3 is 2.84 bits per heavy atom. The van der Waals surface area contributed by atoms with Crippen molar-refractivity contribution in [1.29, 1.82) is 0 Å². The van der Waals surface area contributed by atoms with Crippen molar-refractivity contribution in [3.63, 3.8) is 0 Å². The van der Waals surface area contributed by atoms with Crippen molar-refractivity contribution in [3.05, 3.63) is 29.8 Å². The Labute approximate surface area is 148 Å². The van der Waals surface area contributed by atoms with Crippen molar-refractivity contribution < 1.29 is 14.3 Å². The van der Waals surface area contributed by atoms with Crippen LogP contribution >= 0.6 is 0 Å². The highest BCUT2D eigenvalue weighted by Gasteiger charge is 2.53. The first-order chi connectivity index (χ1) is 12.1. The van der Waals surface area contributed by atoms with Crippen LogP contribution in [0.1, 0.15) is 50.5 Å². The van der Waals surface area contributed by atoms with E-state index in [9.17, 15) is 9.59 Å². The fourth-order valence-corrected chi connectivity index (χ4v) is 5.29. The average molecular weight is 342 g/mol. The van der Waals surface area contributed by atoms with Gasteiger partial charge >= 0.3 is 0 Å². The summed E-state index contributed by atoms with van der Waals surface area (Å²) < 4.78 is 5.98. The quantitative estimate of drug-likeness (QED) is 0.918. The van der Waals surface area contributed by atoms with Crippen LogP contribution in [0.25, 0.3) is 0 Å². The van der Waals surface area contributed by atoms with Gasteiger partial charge < -0.3 is 10.1 Å². The molecule has 1 aromatic carbocycles. The van der Waals surface area contributed by atoms with Gasteiger partial charge in [0.05, 0.1) is 11.5 Å². The molecule has 1 aliphatic carbocycles. The third-order valence-electron chi connectivity index (χ3n) is 6.54. The number of benzene rings is 1. The molecule has 0 bridgehead atoms. The predicted octanol–water partition coefficient (Wildman–Crippen LogP) is 2.71. The van der Waals surface area contributed by atoms with Gasteiger partial charge in [-0.3, -0.25) is 14.5 Å². The van der Waals surface area contributed by atoms with E-state index in [1.54, 1.807) is 7.11 Å². The number of rotatable bonds is 3. The minimum atomic E-state index is -0.241. The van der Waals surface area contributed by atoms with E-state index in [0.717, 1.165) is 37.1 Å². The molecule has 1 saturated heterocycles. The number of ether oxygens (including phenoxy) is 1. The topological polar surface area (TPSA) is 58.6 Å². The maximum absolute atomic E-state index is 12.7. The molecule has 4 unspecified atom stereocenters. The Morgan fingerprint density at radius 1 is 1.28 bits per heavy atom. The lowest BCUT2D eigenvalue weighted by Gasteiger charge is -2.55. The molecule has 0 spiro atoms. The number of likely N-dealkylation sites (N-methyl/N-ethyl adjacent to an activating group) is 1. The lowest BCUT2D eigenvalue weighted by molar-refractivity contribution is -0.159. The van der Waals surface area contributed by atoms with Crippen LogP contribution in [0.5, 0.6) is 0 Å². The van der Waals surface area contributed by atoms with Crippen LogP contribution in [0.4, 0.5) is 5.69 Å². The van der Waals surface area contributed by atoms with E-state index in [4.69, 9.17) is 4.74 Å². The minimum absolute atomic E-state index is 0.0723. The maximum atomic E-state index is 12.7. The number of hydrogen-bond donors (Lipinski definition) is 1. The number of hydrogen-bond acceptors (Lipinski definition) is 4. The molecular formula is C20H26N2O3. The molecule has 1 N–H and O–H groups in total. The van der Waals surface area contributed by atoms with E-state index in [1.165, 1.54) is 0 Å². The summed E-state index contributed by atoms with van der Waals surface area (Å²) in [6, 6.07) is 8.16.